The maximum Gasteiger partial charge on any atom is 0.596 e. The number of carbonyl (C=O) groups excluding carboxylic acids is 1. The molecule has 0 saturated carbocycles. The molecule has 2 atom stereocenters. The molecule has 1 aromatic carbocycles. The summed E-state index contributed by atoms with van der Waals surface area (Å²) < 4.78 is 8.84. The first-order chi connectivity index (χ1) is 15.1. The molecule has 1 aromatic heterocycles. The van der Waals surface area contributed by atoms with Crippen LogP contribution in [0.4, 0.5) is 4.79 Å². The standard InChI is InChI=1S/C24H30N4O4/c1-24(2,3)32-23(31)26(4)17-11-12-27(14-17)21(22(29)30)13-18-20-10-9-16-7-5-6-8-19(16)28(20)15-25-18/h5-8,15,17,21H,4,9-14H2,1-3H3/p+1. The molecule has 8 nitrogen and oxygen atoms in total. The third-order valence-corrected chi connectivity index (χ3v) is 6.21. The van der Waals surface area contributed by atoms with Crippen LogP contribution in [0.15, 0.2) is 30.6 Å². The van der Waals surface area contributed by atoms with Crippen LogP contribution in [0.3, 0.4) is 0 Å². The quantitative estimate of drug-likeness (QED) is 0.569. The first-order valence-electron chi connectivity index (χ1n) is 11.1. The van der Waals surface area contributed by atoms with Gasteiger partial charge < -0.3 is 14.4 Å². The predicted molar refractivity (Wildman–Crippen MR) is 120 cm³/mol. The molecule has 32 heavy (non-hydrogen) atoms. The Bertz CT molecular complexity index is 1050. The number of aryl methyl sites for hydroxylation is 1. The van der Waals surface area contributed by atoms with Gasteiger partial charge in [-0.3, -0.25) is 9.69 Å². The Morgan fingerprint density at radius 1 is 1.31 bits per heavy atom. The third kappa shape index (κ3) is 4.46. The van der Waals surface area contributed by atoms with Gasteiger partial charge in [0.1, 0.15) is 18.4 Å². The Labute approximate surface area is 188 Å². The number of aromatic nitrogens is 2. The van der Waals surface area contributed by atoms with E-state index in [2.05, 4.69) is 28.4 Å². The molecule has 2 aliphatic rings. The number of para-hydroxylation sites is 1. The third-order valence-electron chi connectivity index (χ3n) is 6.21. The maximum atomic E-state index is 12.4. The molecule has 8 heteroatoms. The van der Waals surface area contributed by atoms with Crippen molar-refractivity contribution in [1.82, 2.24) is 14.5 Å². The van der Waals surface area contributed by atoms with E-state index in [-0.39, 0.29) is 6.04 Å². The highest BCUT2D eigenvalue weighted by Crippen LogP contribution is 2.28. The summed E-state index contributed by atoms with van der Waals surface area (Å²) >= 11 is 0. The van der Waals surface area contributed by atoms with Crippen molar-refractivity contribution in [2.75, 3.05) is 13.1 Å². The molecular formula is C24H31N4O4+. The van der Waals surface area contributed by atoms with Crippen molar-refractivity contribution in [3.63, 3.8) is 0 Å². The summed E-state index contributed by atoms with van der Waals surface area (Å²) in [5.41, 5.74) is 3.70. The molecule has 1 fully saturated rings. The van der Waals surface area contributed by atoms with Crippen LogP contribution in [0.2, 0.25) is 0 Å². The lowest BCUT2D eigenvalue weighted by atomic mass is 9.99. The van der Waals surface area contributed by atoms with Crippen LogP contribution in [-0.4, -0.2) is 73.7 Å². The number of benzene rings is 1. The minimum atomic E-state index is -0.878. The van der Waals surface area contributed by atoms with Crippen molar-refractivity contribution in [1.29, 1.82) is 0 Å². The summed E-state index contributed by atoms with van der Waals surface area (Å²) in [7, 11) is 0. The fraction of sp³-hybridized carbons (Fsp3) is 0.500. The Morgan fingerprint density at radius 3 is 2.78 bits per heavy atom. The van der Waals surface area contributed by atoms with Gasteiger partial charge in [0.15, 0.2) is 6.04 Å². The molecule has 0 aliphatic carbocycles. The van der Waals surface area contributed by atoms with E-state index in [1.54, 1.807) is 6.33 Å². The average Bonchev–Trinajstić information content (AvgIpc) is 3.37. The number of rotatable bonds is 5. The molecule has 1 amide bonds. The number of carboxylic acids is 1. The highest BCUT2D eigenvalue weighted by atomic mass is 16.6. The normalized spacial score (nSPS) is 19.2. The molecule has 170 valence electrons. The van der Waals surface area contributed by atoms with Gasteiger partial charge in [0.05, 0.1) is 18.6 Å². The number of carbonyl (C=O) groups is 2. The van der Waals surface area contributed by atoms with Crippen molar-refractivity contribution in [2.24, 2.45) is 0 Å². The second-order valence-corrected chi connectivity index (χ2v) is 9.58. The zero-order chi connectivity index (χ0) is 23.0. The average molecular weight is 440 g/mol. The van der Waals surface area contributed by atoms with Crippen molar-refractivity contribution in [3.05, 3.63) is 47.5 Å². The highest BCUT2D eigenvalue weighted by Gasteiger charge is 2.41. The molecule has 1 N–H and O–H groups in total. The number of aliphatic carboxylic acids is 1. The van der Waals surface area contributed by atoms with Crippen LogP contribution in [-0.2, 0) is 28.8 Å². The topological polar surface area (TPSA) is 87.7 Å². The van der Waals surface area contributed by atoms with Crippen LogP contribution >= 0.6 is 0 Å². The number of ether oxygens (including phenoxy) is 1. The van der Waals surface area contributed by atoms with Crippen molar-refractivity contribution < 1.29 is 24.0 Å². The van der Waals surface area contributed by atoms with Crippen LogP contribution in [0.5, 0.6) is 0 Å². The maximum absolute atomic E-state index is 12.4. The zero-order valence-corrected chi connectivity index (χ0v) is 19.0. The van der Waals surface area contributed by atoms with E-state index < -0.39 is 23.7 Å². The molecule has 1 saturated heterocycles. The van der Waals surface area contributed by atoms with Crippen LogP contribution < -0.4 is 0 Å². The first kappa shape index (κ1) is 22.2. The van der Waals surface area contributed by atoms with Crippen LogP contribution in [0.1, 0.15) is 44.1 Å². The fourth-order valence-corrected chi connectivity index (χ4v) is 4.59. The number of hydrogen-bond acceptors (Lipinski definition) is 5. The van der Waals surface area contributed by atoms with Gasteiger partial charge in [-0.2, -0.15) is 4.79 Å². The van der Waals surface area contributed by atoms with E-state index in [1.807, 2.05) is 37.8 Å². The number of amides is 1. The lowest BCUT2D eigenvalue weighted by Crippen LogP contribution is -2.44. The van der Waals surface area contributed by atoms with E-state index in [0.29, 0.717) is 25.9 Å². The van der Waals surface area contributed by atoms with Gasteiger partial charge >= 0.3 is 12.1 Å². The smallest absolute Gasteiger partial charge is 0.480 e. The van der Waals surface area contributed by atoms with E-state index >= 15 is 0 Å². The van der Waals surface area contributed by atoms with Crippen molar-refractivity contribution in [2.45, 2.75) is 64.1 Å². The number of likely N-dealkylation sites (tertiary alicyclic amines) is 1. The molecule has 2 aromatic rings. The van der Waals surface area contributed by atoms with E-state index in [0.717, 1.165) is 29.9 Å². The van der Waals surface area contributed by atoms with Gasteiger partial charge in [-0.1, -0.05) is 18.2 Å². The second kappa shape index (κ2) is 8.50. The molecular weight excluding hydrogens is 408 g/mol. The summed E-state index contributed by atoms with van der Waals surface area (Å²) in [4.78, 5) is 31.1. The molecule has 0 radical (unpaired) electrons. The van der Waals surface area contributed by atoms with Gasteiger partial charge in [-0.25, -0.2) is 4.98 Å². The second-order valence-electron chi connectivity index (χ2n) is 9.58. The number of carboxylic acid groups (broad SMARTS) is 1. The number of hydrogen-bond donors (Lipinski definition) is 1. The molecule has 4 rings (SSSR count). The lowest BCUT2D eigenvalue weighted by molar-refractivity contribution is -0.479. The number of imidazole rings is 1. The lowest BCUT2D eigenvalue weighted by Gasteiger charge is -2.24. The van der Waals surface area contributed by atoms with Gasteiger partial charge in [0.2, 0.25) is 0 Å². The summed E-state index contributed by atoms with van der Waals surface area (Å²) in [6.07, 6.45) is 4.06. The van der Waals surface area contributed by atoms with Gasteiger partial charge in [0, 0.05) is 30.8 Å². The SMILES string of the molecule is C=[N+](C(=O)OC(C)(C)C)C1CCN(C(Cc2ncn3c2CCc2ccccc2-3)C(=O)O)C1. The Morgan fingerprint density at radius 2 is 2.06 bits per heavy atom. The van der Waals surface area contributed by atoms with E-state index in [1.165, 1.54) is 10.1 Å². The Hall–Kier alpha value is -3.00. The van der Waals surface area contributed by atoms with E-state index in [9.17, 15) is 14.7 Å². The molecule has 3 heterocycles. The van der Waals surface area contributed by atoms with Gasteiger partial charge in [-0.15, -0.1) is 4.58 Å². The largest absolute Gasteiger partial charge is 0.596 e. The Balaban J connectivity index is 1.47. The van der Waals surface area contributed by atoms with Crippen molar-refractivity contribution in [3.8, 4) is 5.69 Å². The summed E-state index contributed by atoms with van der Waals surface area (Å²) in [5, 5.41) is 9.98. The predicted octanol–water partition coefficient (Wildman–Crippen LogP) is 2.69. The first-order valence-corrected chi connectivity index (χ1v) is 11.1. The van der Waals surface area contributed by atoms with Crippen LogP contribution in [0.25, 0.3) is 5.69 Å². The van der Waals surface area contributed by atoms with Crippen LogP contribution in [0, 0.1) is 0 Å². The van der Waals surface area contributed by atoms with Crippen molar-refractivity contribution >= 4 is 18.8 Å². The van der Waals surface area contributed by atoms with Gasteiger partial charge in [0.25, 0.3) is 0 Å². The number of fused-ring (bicyclic) bond motifs is 3. The summed E-state index contributed by atoms with van der Waals surface area (Å²) in [6.45, 7) is 10.3. The zero-order valence-electron chi connectivity index (χ0n) is 19.0. The highest BCUT2D eigenvalue weighted by molar-refractivity contribution is 5.74. The molecule has 2 unspecified atom stereocenters. The minimum Gasteiger partial charge on any atom is -0.480 e. The molecule has 0 bridgehead atoms. The monoisotopic (exact) mass is 439 g/mol. The van der Waals surface area contributed by atoms with E-state index in [4.69, 9.17) is 4.74 Å². The fourth-order valence-electron chi connectivity index (χ4n) is 4.59. The Kier molecular flexibility index (Phi) is 5.90. The minimum absolute atomic E-state index is 0.186. The molecule has 2 aliphatic heterocycles. The summed E-state index contributed by atoms with van der Waals surface area (Å²) in [5.74, 6) is -0.878. The van der Waals surface area contributed by atoms with Gasteiger partial charge in [-0.05, 0) is 45.2 Å². The number of nitrogens with zero attached hydrogens (tertiary/aromatic N) is 4. The molecule has 0 spiro atoms. The summed E-state index contributed by atoms with van der Waals surface area (Å²) in [6, 6.07) is 7.35.